The number of benzene rings is 2. The first kappa shape index (κ1) is 15.1. The minimum Gasteiger partial charge on any atom is -0.465 e. The Labute approximate surface area is 124 Å². The van der Waals surface area contributed by atoms with E-state index in [9.17, 15) is 15.0 Å². The van der Waals surface area contributed by atoms with Crippen LogP contribution in [-0.2, 0) is 13.0 Å². The van der Waals surface area contributed by atoms with E-state index in [1.807, 2.05) is 60.7 Å². The van der Waals surface area contributed by atoms with Crippen LogP contribution in [0.1, 0.15) is 11.1 Å². The number of hydrogen-bond donors (Lipinski definition) is 2. The van der Waals surface area contributed by atoms with Gasteiger partial charge in [-0.3, -0.25) is 4.90 Å². The van der Waals surface area contributed by atoms with Crippen molar-refractivity contribution in [2.24, 2.45) is 0 Å². The maximum absolute atomic E-state index is 11.5. The molecule has 2 aromatic rings. The second-order valence-corrected chi connectivity index (χ2v) is 4.92. The van der Waals surface area contributed by atoms with Gasteiger partial charge in [0.05, 0.1) is 12.6 Å². The van der Waals surface area contributed by atoms with Crippen LogP contribution in [0.5, 0.6) is 0 Å². The second-order valence-electron chi connectivity index (χ2n) is 4.92. The number of carboxylic acid groups (broad SMARTS) is 1. The molecule has 0 unspecified atom stereocenters. The van der Waals surface area contributed by atoms with Crippen molar-refractivity contribution in [3.63, 3.8) is 0 Å². The quantitative estimate of drug-likeness (QED) is 0.858. The van der Waals surface area contributed by atoms with Crippen molar-refractivity contribution in [1.29, 1.82) is 0 Å². The minimum absolute atomic E-state index is 0.200. The Balaban J connectivity index is 2.13. The molecule has 0 heterocycles. The largest absolute Gasteiger partial charge is 0.465 e. The van der Waals surface area contributed by atoms with E-state index in [1.165, 1.54) is 4.90 Å². The van der Waals surface area contributed by atoms with Crippen molar-refractivity contribution < 1.29 is 15.0 Å². The molecule has 0 aliphatic rings. The summed E-state index contributed by atoms with van der Waals surface area (Å²) in [5, 5.41) is 19.0. The van der Waals surface area contributed by atoms with Crippen LogP contribution >= 0.6 is 0 Å². The van der Waals surface area contributed by atoms with Gasteiger partial charge in [0.25, 0.3) is 0 Å². The molecule has 0 saturated heterocycles. The summed E-state index contributed by atoms with van der Waals surface area (Å²) in [7, 11) is 0. The highest BCUT2D eigenvalue weighted by atomic mass is 16.4. The third-order valence-electron chi connectivity index (χ3n) is 3.41. The molecule has 2 aromatic carbocycles. The zero-order valence-electron chi connectivity index (χ0n) is 11.7. The predicted octanol–water partition coefficient (Wildman–Crippen LogP) is 2.77. The number of aliphatic hydroxyl groups is 1. The summed E-state index contributed by atoms with van der Waals surface area (Å²) in [5.41, 5.74) is 1.92. The third kappa shape index (κ3) is 4.33. The lowest BCUT2D eigenvalue weighted by Gasteiger charge is -2.28. The Morgan fingerprint density at radius 2 is 1.48 bits per heavy atom. The summed E-state index contributed by atoms with van der Waals surface area (Å²) >= 11 is 0. The SMILES string of the molecule is O=C(O)N(Cc1ccccc1)[C@@H](CO)Cc1ccccc1. The highest BCUT2D eigenvalue weighted by Gasteiger charge is 2.23. The van der Waals surface area contributed by atoms with Crippen molar-refractivity contribution in [1.82, 2.24) is 4.90 Å². The van der Waals surface area contributed by atoms with E-state index in [4.69, 9.17) is 0 Å². The van der Waals surface area contributed by atoms with E-state index in [0.717, 1.165) is 11.1 Å². The molecule has 0 saturated carbocycles. The van der Waals surface area contributed by atoms with E-state index in [0.29, 0.717) is 6.42 Å². The molecule has 2 rings (SSSR count). The molecule has 0 radical (unpaired) electrons. The number of hydrogen-bond acceptors (Lipinski definition) is 2. The molecule has 0 bridgehead atoms. The molecule has 110 valence electrons. The van der Waals surface area contributed by atoms with Crippen LogP contribution in [0.3, 0.4) is 0 Å². The van der Waals surface area contributed by atoms with Gasteiger partial charge in [0.15, 0.2) is 0 Å². The Kier molecular flexibility index (Phi) is 5.35. The van der Waals surface area contributed by atoms with Gasteiger partial charge in [0.2, 0.25) is 0 Å². The van der Waals surface area contributed by atoms with Gasteiger partial charge in [0.1, 0.15) is 0 Å². The number of rotatable bonds is 6. The fourth-order valence-electron chi connectivity index (χ4n) is 2.29. The normalized spacial score (nSPS) is 11.9. The van der Waals surface area contributed by atoms with Crippen LogP contribution in [0.15, 0.2) is 60.7 Å². The molecule has 1 amide bonds. The Hall–Kier alpha value is -2.33. The molecule has 4 heteroatoms. The summed E-state index contributed by atoms with van der Waals surface area (Å²) in [6, 6.07) is 18.6. The van der Waals surface area contributed by atoms with Crippen molar-refractivity contribution in [2.45, 2.75) is 19.0 Å². The zero-order valence-corrected chi connectivity index (χ0v) is 11.7. The topological polar surface area (TPSA) is 60.8 Å². The van der Waals surface area contributed by atoms with E-state index in [-0.39, 0.29) is 13.2 Å². The molecule has 0 fully saturated rings. The average molecular weight is 285 g/mol. The average Bonchev–Trinajstić information content (AvgIpc) is 2.52. The van der Waals surface area contributed by atoms with Crippen molar-refractivity contribution in [3.05, 3.63) is 71.8 Å². The van der Waals surface area contributed by atoms with Crippen LogP contribution in [0.4, 0.5) is 4.79 Å². The van der Waals surface area contributed by atoms with Gasteiger partial charge < -0.3 is 10.2 Å². The lowest BCUT2D eigenvalue weighted by Crippen LogP contribution is -2.42. The number of nitrogens with zero attached hydrogens (tertiary/aromatic N) is 1. The first-order valence-electron chi connectivity index (χ1n) is 6.89. The van der Waals surface area contributed by atoms with Crippen molar-refractivity contribution in [3.8, 4) is 0 Å². The predicted molar refractivity (Wildman–Crippen MR) is 81.0 cm³/mol. The lowest BCUT2D eigenvalue weighted by molar-refractivity contribution is 0.0932. The fourth-order valence-corrected chi connectivity index (χ4v) is 2.29. The molecule has 4 nitrogen and oxygen atoms in total. The number of carbonyl (C=O) groups is 1. The van der Waals surface area contributed by atoms with Gasteiger partial charge in [-0.05, 0) is 17.5 Å². The van der Waals surface area contributed by atoms with Gasteiger partial charge in [0, 0.05) is 6.54 Å². The van der Waals surface area contributed by atoms with Crippen LogP contribution in [0.25, 0.3) is 0 Å². The van der Waals surface area contributed by atoms with E-state index >= 15 is 0 Å². The Morgan fingerprint density at radius 3 is 1.95 bits per heavy atom. The second kappa shape index (κ2) is 7.45. The minimum atomic E-state index is -1.02. The standard InChI is InChI=1S/C17H19NO3/c19-13-16(11-14-7-3-1-4-8-14)18(17(20)21)12-15-9-5-2-6-10-15/h1-10,16,19H,11-13H2,(H,20,21)/t16-/m1/s1. The molecular formula is C17H19NO3. The summed E-state index contributed by atoms with van der Waals surface area (Å²) in [6.07, 6.45) is -0.523. The smallest absolute Gasteiger partial charge is 0.407 e. The van der Waals surface area contributed by atoms with E-state index in [1.54, 1.807) is 0 Å². The van der Waals surface area contributed by atoms with Crippen LogP contribution in [0.2, 0.25) is 0 Å². The van der Waals surface area contributed by atoms with Gasteiger partial charge >= 0.3 is 6.09 Å². The molecular weight excluding hydrogens is 266 g/mol. The summed E-state index contributed by atoms with van der Waals surface area (Å²) in [4.78, 5) is 12.8. The highest BCUT2D eigenvalue weighted by Crippen LogP contribution is 2.13. The summed E-state index contributed by atoms with van der Waals surface area (Å²) in [5.74, 6) is 0. The summed E-state index contributed by atoms with van der Waals surface area (Å²) < 4.78 is 0. The fraction of sp³-hybridized carbons (Fsp3) is 0.235. The number of amides is 1. The Bertz CT molecular complexity index is 557. The van der Waals surface area contributed by atoms with Crippen molar-refractivity contribution in [2.75, 3.05) is 6.61 Å². The molecule has 2 N–H and O–H groups in total. The Morgan fingerprint density at radius 1 is 0.952 bits per heavy atom. The first-order chi connectivity index (χ1) is 10.2. The summed E-state index contributed by atoms with van der Waals surface area (Å²) in [6.45, 7) is 0.0717. The monoisotopic (exact) mass is 285 g/mol. The van der Waals surface area contributed by atoms with Gasteiger partial charge in [-0.2, -0.15) is 0 Å². The van der Waals surface area contributed by atoms with Crippen LogP contribution in [0, 0.1) is 0 Å². The van der Waals surface area contributed by atoms with Gasteiger partial charge in [-0.25, -0.2) is 4.79 Å². The zero-order chi connectivity index (χ0) is 15.1. The highest BCUT2D eigenvalue weighted by molar-refractivity contribution is 5.65. The van der Waals surface area contributed by atoms with E-state index < -0.39 is 12.1 Å². The molecule has 0 aliphatic carbocycles. The molecule has 0 spiro atoms. The van der Waals surface area contributed by atoms with Gasteiger partial charge in [-0.15, -0.1) is 0 Å². The number of aliphatic hydroxyl groups excluding tert-OH is 1. The van der Waals surface area contributed by atoms with Gasteiger partial charge in [-0.1, -0.05) is 60.7 Å². The first-order valence-corrected chi connectivity index (χ1v) is 6.89. The maximum atomic E-state index is 11.5. The molecule has 21 heavy (non-hydrogen) atoms. The third-order valence-corrected chi connectivity index (χ3v) is 3.41. The molecule has 1 atom stereocenters. The van der Waals surface area contributed by atoms with Crippen LogP contribution in [-0.4, -0.2) is 33.9 Å². The lowest BCUT2D eigenvalue weighted by atomic mass is 10.0. The van der Waals surface area contributed by atoms with Crippen LogP contribution < -0.4 is 0 Å². The molecule has 0 aromatic heterocycles. The maximum Gasteiger partial charge on any atom is 0.407 e. The van der Waals surface area contributed by atoms with E-state index in [2.05, 4.69) is 0 Å². The van der Waals surface area contributed by atoms with Crippen molar-refractivity contribution >= 4 is 6.09 Å². The molecule has 0 aliphatic heterocycles.